The summed E-state index contributed by atoms with van der Waals surface area (Å²) in [4.78, 5) is 0. The molecule has 0 saturated carbocycles. The summed E-state index contributed by atoms with van der Waals surface area (Å²) in [6.45, 7) is 0.198. The lowest BCUT2D eigenvalue weighted by molar-refractivity contribution is 0.292. The summed E-state index contributed by atoms with van der Waals surface area (Å²) < 4.78 is 7.26. The molecule has 1 heterocycles. The molecule has 0 spiro atoms. The first-order valence-electron chi connectivity index (χ1n) is 6.14. The second kappa shape index (κ2) is 6.11. The van der Waals surface area contributed by atoms with Gasteiger partial charge in [0.1, 0.15) is 12.4 Å². The fraction of sp³-hybridized carbons (Fsp3) is 0.0714. The minimum absolute atomic E-state index is 0.198. The average molecular weight is 321 g/mol. The third-order valence-electron chi connectivity index (χ3n) is 2.79. The fourth-order valence-corrected chi connectivity index (χ4v) is 2.26. The second-order valence-electron chi connectivity index (χ2n) is 4.21. The maximum atomic E-state index is 6.06. The van der Waals surface area contributed by atoms with E-state index < -0.39 is 0 Å². The first-order valence-corrected chi connectivity index (χ1v) is 6.90. The van der Waals surface area contributed by atoms with Gasteiger partial charge in [-0.3, -0.25) is 0 Å². The summed E-state index contributed by atoms with van der Waals surface area (Å²) in [5, 5.41) is 12.6. The Morgan fingerprint density at radius 2 is 1.86 bits per heavy atom. The van der Waals surface area contributed by atoms with Crippen LogP contribution in [-0.2, 0) is 6.61 Å². The van der Waals surface area contributed by atoms with Crippen LogP contribution in [-0.4, -0.2) is 20.2 Å². The van der Waals surface area contributed by atoms with Crippen molar-refractivity contribution in [2.75, 3.05) is 0 Å². The largest absolute Gasteiger partial charge is 0.484 e. The Bertz CT molecular complexity index is 746. The molecule has 5 nitrogen and oxygen atoms in total. The standard InChI is InChI=1S/C14H10Cl2N4O/c15-10-6-7-13(12(16)8-10)21-9-14-17-18-19-20(14)11-4-2-1-3-5-11/h1-8H,9H2. The SMILES string of the molecule is Clc1ccc(OCc2nnnn2-c2ccccc2)c(Cl)c1. The van der Waals surface area contributed by atoms with E-state index in [2.05, 4.69) is 15.5 Å². The number of hydrogen-bond acceptors (Lipinski definition) is 4. The highest BCUT2D eigenvalue weighted by Gasteiger charge is 2.10. The minimum Gasteiger partial charge on any atom is -0.484 e. The van der Waals surface area contributed by atoms with Gasteiger partial charge in [-0.25, -0.2) is 0 Å². The molecule has 0 bridgehead atoms. The lowest BCUT2D eigenvalue weighted by Crippen LogP contribution is -2.06. The molecular formula is C14H10Cl2N4O. The van der Waals surface area contributed by atoms with E-state index in [4.69, 9.17) is 27.9 Å². The molecule has 0 amide bonds. The van der Waals surface area contributed by atoms with Crippen LogP contribution < -0.4 is 4.74 Å². The Morgan fingerprint density at radius 1 is 1.05 bits per heavy atom. The summed E-state index contributed by atoms with van der Waals surface area (Å²) >= 11 is 11.9. The zero-order valence-electron chi connectivity index (χ0n) is 10.8. The van der Waals surface area contributed by atoms with Crippen molar-refractivity contribution in [3.05, 3.63) is 64.4 Å². The van der Waals surface area contributed by atoms with E-state index in [1.165, 1.54) is 0 Å². The Labute approximate surface area is 131 Å². The zero-order chi connectivity index (χ0) is 14.7. The molecule has 0 radical (unpaired) electrons. The third-order valence-corrected chi connectivity index (χ3v) is 3.32. The molecule has 0 N–H and O–H groups in total. The van der Waals surface area contributed by atoms with Gasteiger partial charge in [-0.15, -0.1) is 5.10 Å². The Morgan fingerprint density at radius 3 is 2.62 bits per heavy atom. The summed E-state index contributed by atoms with van der Waals surface area (Å²) in [5.41, 5.74) is 0.864. The molecule has 1 aromatic heterocycles. The van der Waals surface area contributed by atoms with E-state index in [0.717, 1.165) is 5.69 Å². The number of hydrogen-bond donors (Lipinski definition) is 0. The number of ether oxygens (including phenoxy) is 1. The number of para-hydroxylation sites is 1. The maximum Gasteiger partial charge on any atom is 0.194 e. The van der Waals surface area contributed by atoms with E-state index in [0.29, 0.717) is 21.6 Å². The number of benzene rings is 2. The number of aromatic nitrogens is 4. The number of nitrogens with zero attached hydrogens (tertiary/aromatic N) is 4. The van der Waals surface area contributed by atoms with Crippen LogP contribution in [0.2, 0.25) is 10.0 Å². The monoisotopic (exact) mass is 320 g/mol. The van der Waals surface area contributed by atoms with Crippen LogP contribution in [0.1, 0.15) is 5.82 Å². The first kappa shape index (κ1) is 13.9. The van der Waals surface area contributed by atoms with Gasteiger partial charge in [0.15, 0.2) is 5.82 Å². The minimum atomic E-state index is 0.198. The van der Waals surface area contributed by atoms with Crippen molar-refractivity contribution in [3.63, 3.8) is 0 Å². The van der Waals surface area contributed by atoms with Crippen molar-refractivity contribution in [1.29, 1.82) is 0 Å². The Balaban J connectivity index is 1.79. The molecule has 0 fully saturated rings. The van der Waals surface area contributed by atoms with Crippen molar-refractivity contribution in [3.8, 4) is 11.4 Å². The van der Waals surface area contributed by atoms with Gasteiger partial charge in [0.05, 0.1) is 10.7 Å². The molecule has 0 atom stereocenters. The third kappa shape index (κ3) is 3.15. The summed E-state index contributed by atoms with van der Waals surface area (Å²) in [7, 11) is 0. The molecule has 0 unspecified atom stereocenters. The van der Waals surface area contributed by atoms with Crippen molar-refractivity contribution in [1.82, 2.24) is 20.2 Å². The van der Waals surface area contributed by atoms with Crippen LogP contribution in [0.3, 0.4) is 0 Å². The fourth-order valence-electron chi connectivity index (χ4n) is 1.80. The van der Waals surface area contributed by atoms with Gasteiger partial charge in [-0.05, 0) is 40.8 Å². The van der Waals surface area contributed by atoms with Crippen molar-refractivity contribution >= 4 is 23.2 Å². The van der Waals surface area contributed by atoms with E-state index in [1.54, 1.807) is 22.9 Å². The van der Waals surface area contributed by atoms with Crippen molar-refractivity contribution < 1.29 is 4.74 Å². The predicted molar refractivity (Wildman–Crippen MR) is 79.9 cm³/mol. The molecule has 3 aromatic rings. The normalized spacial score (nSPS) is 10.6. The van der Waals surface area contributed by atoms with E-state index >= 15 is 0 Å². The molecule has 7 heteroatoms. The summed E-state index contributed by atoms with van der Waals surface area (Å²) in [6.07, 6.45) is 0. The van der Waals surface area contributed by atoms with Crippen LogP contribution in [0.4, 0.5) is 0 Å². The number of halogens is 2. The van der Waals surface area contributed by atoms with E-state index in [9.17, 15) is 0 Å². The Hall–Kier alpha value is -2.11. The lowest BCUT2D eigenvalue weighted by Gasteiger charge is -2.08. The van der Waals surface area contributed by atoms with Gasteiger partial charge < -0.3 is 4.74 Å². The zero-order valence-corrected chi connectivity index (χ0v) is 12.3. The molecule has 21 heavy (non-hydrogen) atoms. The van der Waals surface area contributed by atoms with Crippen LogP contribution >= 0.6 is 23.2 Å². The van der Waals surface area contributed by atoms with Crippen LogP contribution in [0.25, 0.3) is 5.69 Å². The highest BCUT2D eigenvalue weighted by molar-refractivity contribution is 6.35. The Kier molecular flexibility index (Phi) is 4.03. The molecular weight excluding hydrogens is 311 g/mol. The van der Waals surface area contributed by atoms with Gasteiger partial charge in [-0.2, -0.15) is 4.68 Å². The second-order valence-corrected chi connectivity index (χ2v) is 5.05. The number of tetrazole rings is 1. The van der Waals surface area contributed by atoms with E-state index in [1.807, 2.05) is 30.3 Å². The van der Waals surface area contributed by atoms with Gasteiger partial charge in [0.2, 0.25) is 0 Å². The van der Waals surface area contributed by atoms with Crippen molar-refractivity contribution in [2.24, 2.45) is 0 Å². The topological polar surface area (TPSA) is 52.8 Å². The van der Waals surface area contributed by atoms with E-state index in [-0.39, 0.29) is 6.61 Å². The van der Waals surface area contributed by atoms with Gasteiger partial charge in [0.25, 0.3) is 0 Å². The molecule has 106 valence electrons. The average Bonchev–Trinajstić information content (AvgIpc) is 2.96. The van der Waals surface area contributed by atoms with Crippen molar-refractivity contribution in [2.45, 2.75) is 6.61 Å². The van der Waals surface area contributed by atoms with Crippen LogP contribution in [0.15, 0.2) is 48.5 Å². The highest BCUT2D eigenvalue weighted by Crippen LogP contribution is 2.28. The summed E-state index contributed by atoms with van der Waals surface area (Å²) in [6, 6.07) is 14.6. The lowest BCUT2D eigenvalue weighted by atomic mass is 10.3. The molecule has 0 saturated heterocycles. The highest BCUT2D eigenvalue weighted by atomic mass is 35.5. The maximum absolute atomic E-state index is 6.06. The van der Waals surface area contributed by atoms with Crippen LogP contribution in [0.5, 0.6) is 5.75 Å². The molecule has 3 rings (SSSR count). The van der Waals surface area contributed by atoms with Gasteiger partial charge in [0, 0.05) is 5.02 Å². The molecule has 0 aliphatic heterocycles. The first-order chi connectivity index (χ1) is 10.2. The smallest absolute Gasteiger partial charge is 0.194 e. The molecule has 0 aliphatic carbocycles. The van der Waals surface area contributed by atoms with Gasteiger partial charge in [-0.1, -0.05) is 41.4 Å². The van der Waals surface area contributed by atoms with Crippen LogP contribution in [0, 0.1) is 0 Å². The number of rotatable bonds is 4. The molecule has 0 aliphatic rings. The quantitative estimate of drug-likeness (QED) is 0.737. The summed E-state index contributed by atoms with van der Waals surface area (Å²) in [5.74, 6) is 1.11. The van der Waals surface area contributed by atoms with Gasteiger partial charge >= 0.3 is 0 Å². The molecule has 2 aromatic carbocycles. The predicted octanol–water partition coefficient (Wildman–Crippen LogP) is 3.55.